The second-order valence-electron chi connectivity index (χ2n) is 8.66. The number of aromatic nitrogens is 2. The van der Waals surface area contributed by atoms with Gasteiger partial charge in [-0.15, -0.1) is 0 Å². The van der Waals surface area contributed by atoms with Crippen molar-refractivity contribution in [3.05, 3.63) is 108 Å². The molecule has 0 atom stereocenters. The van der Waals surface area contributed by atoms with Gasteiger partial charge in [-0.05, 0) is 59.4 Å². The van der Waals surface area contributed by atoms with Crippen LogP contribution in [-0.2, 0) is 5.41 Å². The molecule has 0 radical (unpaired) electrons. The SMILES string of the molecule is CCC1(CC)c2ccccc2-c2cccc(-c3nc4ccccc4n3-c3ccccc3)c21. The van der Waals surface area contributed by atoms with Crippen molar-refractivity contribution in [2.75, 3.05) is 0 Å². The second kappa shape index (κ2) is 7.20. The Labute approximate surface area is 189 Å². The number of hydrogen-bond donors (Lipinski definition) is 0. The average molecular weight is 415 g/mol. The molecule has 0 N–H and O–H groups in total. The lowest BCUT2D eigenvalue weighted by atomic mass is 9.72. The Kier molecular flexibility index (Phi) is 4.29. The predicted molar refractivity (Wildman–Crippen MR) is 133 cm³/mol. The van der Waals surface area contributed by atoms with E-state index in [0.717, 1.165) is 35.4 Å². The van der Waals surface area contributed by atoms with Gasteiger partial charge in [-0.25, -0.2) is 4.98 Å². The standard InChI is InChI=1S/C30H26N2/c1-3-30(4-2)25-18-9-8-15-22(25)23-16-12-17-24(28(23)30)29-31-26-19-10-11-20-27(26)32(29)21-13-6-5-7-14-21/h5-20H,3-4H2,1-2H3. The summed E-state index contributed by atoms with van der Waals surface area (Å²) >= 11 is 0. The van der Waals surface area contributed by atoms with Crippen molar-refractivity contribution >= 4 is 11.0 Å². The summed E-state index contributed by atoms with van der Waals surface area (Å²) in [6.45, 7) is 4.65. The van der Waals surface area contributed by atoms with E-state index in [1.165, 1.54) is 27.8 Å². The zero-order chi connectivity index (χ0) is 21.7. The van der Waals surface area contributed by atoms with E-state index in [0.29, 0.717) is 0 Å². The van der Waals surface area contributed by atoms with Crippen molar-refractivity contribution < 1.29 is 0 Å². The van der Waals surface area contributed by atoms with Crippen molar-refractivity contribution in [2.24, 2.45) is 0 Å². The van der Waals surface area contributed by atoms with Crippen LogP contribution in [0.3, 0.4) is 0 Å². The molecule has 0 aliphatic heterocycles. The zero-order valence-corrected chi connectivity index (χ0v) is 18.5. The average Bonchev–Trinajstić information content (AvgIpc) is 3.39. The molecule has 0 saturated carbocycles. The van der Waals surface area contributed by atoms with Gasteiger partial charge in [0.15, 0.2) is 0 Å². The molecule has 156 valence electrons. The molecule has 2 nitrogen and oxygen atoms in total. The first-order chi connectivity index (χ1) is 15.8. The summed E-state index contributed by atoms with van der Waals surface area (Å²) in [5, 5.41) is 0. The van der Waals surface area contributed by atoms with E-state index in [4.69, 9.17) is 4.98 Å². The minimum Gasteiger partial charge on any atom is -0.292 e. The maximum atomic E-state index is 5.20. The number of hydrogen-bond acceptors (Lipinski definition) is 1. The summed E-state index contributed by atoms with van der Waals surface area (Å²) in [6.07, 6.45) is 2.13. The summed E-state index contributed by atoms with van der Waals surface area (Å²) in [7, 11) is 0. The molecule has 32 heavy (non-hydrogen) atoms. The summed E-state index contributed by atoms with van der Waals surface area (Å²) in [6, 6.07) is 34.8. The van der Waals surface area contributed by atoms with Gasteiger partial charge in [0.1, 0.15) is 5.82 Å². The first-order valence-corrected chi connectivity index (χ1v) is 11.5. The number of imidazole rings is 1. The maximum absolute atomic E-state index is 5.20. The Morgan fingerprint density at radius 3 is 2.12 bits per heavy atom. The van der Waals surface area contributed by atoms with Crippen LogP contribution < -0.4 is 0 Å². The fourth-order valence-corrected chi connectivity index (χ4v) is 5.78. The van der Waals surface area contributed by atoms with Crippen LogP contribution >= 0.6 is 0 Å². The van der Waals surface area contributed by atoms with Gasteiger partial charge in [-0.1, -0.05) is 86.6 Å². The molecule has 2 heteroatoms. The fraction of sp³-hybridized carbons (Fsp3) is 0.167. The second-order valence-corrected chi connectivity index (χ2v) is 8.66. The van der Waals surface area contributed by atoms with Gasteiger partial charge in [-0.3, -0.25) is 4.57 Å². The normalized spacial score (nSPS) is 13.8. The van der Waals surface area contributed by atoms with Gasteiger partial charge in [0.25, 0.3) is 0 Å². The first-order valence-electron chi connectivity index (χ1n) is 11.5. The van der Waals surface area contributed by atoms with E-state index < -0.39 is 0 Å². The molecule has 1 aliphatic carbocycles. The van der Waals surface area contributed by atoms with Gasteiger partial charge in [0.05, 0.1) is 11.0 Å². The van der Waals surface area contributed by atoms with E-state index in [2.05, 4.69) is 115 Å². The highest BCUT2D eigenvalue weighted by Gasteiger charge is 2.42. The lowest BCUT2D eigenvalue weighted by Crippen LogP contribution is -2.24. The summed E-state index contributed by atoms with van der Waals surface area (Å²) in [5.41, 5.74) is 10.2. The van der Waals surface area contributed by atoms with Crippen molar-refractivity contribution in [3.8, 4) is 28.2 Å². The van der Waals surface area contributed by atoms with Crippen LogP contribution in [0.5, 0.6) is 0 Å². The third kappa shape index (κ3) is 2.50. The highest BCUT2D eigenvalue weighted by Crippen LogP contribution is 2.55. The first kappa shape index (κ1) is 19.1. The number of nitrogens with zero attached hydrogens (tertiary/aromatic N) is 2. The Morgan fingerprint density at radius 2 is 1.31 bits per heavy atom. The van der Waals surface area contributed by atoms with Gasteiger partial charge in [0.2, 0.25) is 0 Å². The van der Waals surface area contributed by atoms with E-state index in [9.17, 15) is 0 Å². The Hall–Kier alpha value is -3.65. The highest BCUT2D eigenvalue weighted by molar-refractivity contribution is 5.90. The largest absolute Gasteiger partial charge is 0.292 e. The zero-order valence-electron chi connectivity index (χ0n) is 18.5. The summed E-state index contributed by atoms with van der Waals surface area (Å²) in [4.78, 5) is 5.20. The number of para-hydroxylation sites is 3. The predicted octanol–water partition coefficient (Wildman–Crippen LogP) is 7.78. The van der Waals surface area contributed by atoms with Gasteiger partial charge >= 0.3 is 0 Å². The topological polar surface area (TPSA) is 17.8 Å². The molecular weight excluding hydrogens is 388 g/mol. The van der Waals surface area contributed by atoms with Crippen LogP contribution in [0.1, 0.15) is 37.8 Å². The van der Waals surface area contributed by atoms with Crippen LogP contribution in [0, 0.1) is 0 Å². The molecule has 0 spiro atoms. The van der Waals surface area contributed by atoms with Crippen molar-refractivity contribution in [1.29, 1.82) is 0 Å². The van der Waals surface area contributed by atoms with E-state index in [-0.39, 0.29) is 5.41 Å². The minimum absolute atomic E-state index is 0.00216. The Balaban J connectivity index is 1.72. The van der Waals surface area contributed by atoms with Crippen LogP contribution in [0.25, 0.3) is 39.2 Å². The van der Waals surface area contributed by atoms with Crippen molar-refractivity contribution in [1.82, 2.24) is 9.55 Å². The maximum Gasteiger partial charge on any atom is 0.146 e. The summed E-state index contributed by atoms with van der Waals surface area (Å²) in [5.74, 6) is 1.02. The molecule has 0 amide bonds. The lowest BCUT2D eigenvalue weighted by Gasteiger charge is -2.31. The lowest BCUT2D eigenvalue weighted by molar-refractivity contribution is 0.491. The number of benzene rings is 4. The van der Waals surface area contributed by atoms with Crippen molar-refractivity contribution in [2.45, 2.75) is 32.1 Å². The molecule has 5 aromatic rings. The molecule has 1 heterocycles. The fourth-order valence-electron chi connectivity index (χ4n) is 5.78. The molecule has 0 fully saturated rings. The smallest absolute Gasteiger partial charge is 0.146 e. The van der Waals surface area contributed by atoms with E-state index in [1.54, 1.807) is 0 Å². The quantitative estimate of drug-likeness (QED) is 0.293. The third-order valence-corrected chi connectivity index (χ3v) is 7.30. The molecule has 0 unspecified atom stereocenters. The minimum atomic E-state index is 0.00216. The molecule has 0 bridgehead atoms. The highest BCUT2D eigenvalue weighted by atomic mass is 15.1. The molecular formula is C30H26N2. The van der Waals surface area contributed by atoms with Gasteiger partial charge < -0.3 is 0 Å². The number of fused-ring (bicyclic) bond motifs is 4. The monoisotopic (exact) mass is 414 g/mol. The van der Waals surface area contributed by atoms with Crippen LogP contribution in [0.15, 0.2) is 97.1 Å². The van der Waals surface area contributed by atoms with Gasteiger partial charge in [0, 0.05) is 16.7 Å². The Morgan fingerprint density at radius 1 is 0.656 bits per heavy atom. The van der Waals surface area contributed by atoms with Crippen LogP contribution in [-0.4, -0.2) is 9.55 Å². The molecule has 6 rings (SSSR count). The van der Waals surface area contributed by atoms with Crippen LogP contribution in [0.4, 0.5) is 0 Å². The van der Waals surface area contributed by atoms with Crippen LogP contribution in [0.2, 0.25) is 0 Å². The molecule has 4 aromatic carbocycles. The summed E-state index contributed by atoms with van der Waals surface area (Å²) < 4.78 is 2.32. The van der Waals surface area contributed by atoms with Crippen molar-refractivity contribution in [3.63, 3.8) is 0 Å². The Bertz CT molecular complexity index is 1440. The third-order valence-electron chi connectivity index (χ3n) is 7.30. The molecule has 1 aliphatic rings. The molecule has 0 saturated heterocycles. The van der Waals surface area contributed by atoms with E-state index >= 15 is 0 Å². The molecule has 1 aromatic heterocycles. The number of rotatable bonds is 4. The van der Waals surface area contributed by atoms with E-state index in [1.807, 2.05) is 0 Å². The van der Waals surface area contributed by atoms with Gasteiger partial charge in [-0.2, -0.15) is 0 Å².